The van der Waals surface area contributed by atoms with E-state index in [0.717, 1.165) is 0 Å². The minimum atomic E-state index is -0.981. The molecule has 2 N–H and O–H groups in total. The molecule has 1 aromatic heterocycles. The van der Waals surface area contributed by atoms with Crippen LogP contribution in [0, 0.1) is 10.1 Å². The van der Waals surface area contributed by atoms with Crippen molar-refractivity contribution in [3.63, 3.8) is 0 Å². The molecule has 0 aliphatic rings. The predicted octanol–water partition coefficient (Wildman–Crippen LogP) is 0.963. The molecule has 0 radical (unpaired) electrons. The molecule has 130 valence electrons. The largest absolute Gasteiger partial charge is 0.490 e. The topological polar surface area (TPSA) is 136 Å². The number of carbonyl (C=O) groups is 2. The highest BCUT2D eigenvalue weighted by Crippen LogP contribution is 2.26. The van der Waals surface area contributed by atoms with E-state index in [1.165, 1.54) is 37.8 Å². The molecule has 2 rings (SSSR count). The first-order valence-electron chi connectivity index (χ1n) is 6.97. The van der Waals surface area contributed by atoms with E-state index in [9.17, 15) is 19.7 Å². The summed E-state index contributed by atoms with van der Waals surface area (Å²) in [5, 5.41) is 16.9. The predicted molar refractivity (Wildman–Crippen MR) is 85.9 cm³/mol. The van der Waals surface area contributed by atoms with Gasteiger partial charge in [0.1, 0.15) is 5.76 Å². The molecule has 10 heteroatoms. The van der Waals surface area contributed by atoms with Crippen molar-refractivity contribution >= 4 is 23.7 Å². The quantitative estimate of drug-likeness (QED) is 0.346. The Hall–Kier alpha value is -3.69. The second-order valence-electron chi connectivity index (χ2n) is 4.65. The molecule has 0 aliphatic heterocycles. The maximum atomic E-state index is 11.6. The first-order chi connectivity index (χ1) is 12.0. The number of nitro groups is 1. The number of furan rings is 1. The molecule has 0 fully saturated rings. The SMILES string of the molecule is COc1ccc(/C=N\NC(=O)C(=O)NCc2ccco2)cc1[N+](=O)[O-]. The van der Waals surface area contributed by atoms with Gasteiger partial charge in [0.2, 0.25) is 0 Å². The second kappa shape index (κ2) is 8.24. The fourth-order valence-corrected chi connectivity index (χ4v) is 1.81. The number of ether oxygens (including phenoxy) is 1. The van der Waals surface area contributed by atoms with Crippen molar-refractivity contribution in [2.75, 3.05) is 7.11 Å². The molecule has 0 saturated carbocycles. The van der Waals surface area contributed by atoms with Crippen molar-refractivity contribution in [3.8, 4) is 5.75 Å². The number of nitrogens with one attached hydrogen (secondary N) is 2. The Kier molecular flexibility index (Phi) is 5.82. The van der Waals surface area contributed by atoms with Gasteiger partial charge in [0.25, 0.3) is 0 Å². The first kappa shape index (κ1) is 17.7. The number of methoxy groups -OCH3 is 1. The summed E-state index contributed by atoms with van der Waals surface area (Å²) < 4.78 is 9.89. The third-order valence-corrected chi connectivity index (χ3v) is 2.99. The standard InChI is InChI=1S/C15H14N4O6/c1-24-13-5-4-10(7-12(13)19(22)23)8-17-18-15(21)14(20)16-9-11-3-2-6-25-11/h2-8H,9H2,1H3,(H,16,20)(H,18,21)/b17-8-. The summed E-state index contributed by atoms with van der Waals surface area (Å²) in [5.41, 5.74) is 2.13. The molecular weight excluding hydrogens is 332 g/mol. The van der Waals surface area contributed by atoms with Crippen molar-refractivity contribution in [2.24, 2.45) is 5.10 Å². The summed E-state index contributed by atoms with van der Waals surface area (Å²) in [6, 6.07) is 7.44. The molecule has 0 saturated heterocycles. The number of hydrazone groups is 1. The number of hydrogen-bond donors (Lipinski definition) is 2. The normalized spacial score (nSPS) is 10.4. The summed E-state index contributed by atoms with van der Waals surface area (Å²) >= 11 is 0. The van der Waals surface area contributed by atoms with Crippen molar-refractivity contribution < 1.29 is 23.7 Å². The van der Waals surface area contributed by atoms with Crippen LogP contribution in [0.5, 0.6) is 5.75 Å². The van der Waals surface area contributed by atoms with Crippen LogP contribution in [0.4, 0.5) is 5.69 Å². The maximum absolute atomic E-state index is 11.6. The van der Waals surface area contributed by atoms with Crippen LogP contribution in [0.2, 0.25) is 0 Å². The Morgan fingerprint density at radius 2 is 2.16 bits per heavy atom. The molecule has 10 nitrogen and oxygen atoms in total. The fraction of sp³-hybridized carbons (Fsp3) is 0.133. The third-order valence-electron chi connectivity index (χ3n) is 2.99. The Morgan fingerprint density at radius 3 is 2.80 bits per heavy atom. The van der Waals surface area contributed by atoms with E-state index in [0.29, 0.717) is 11.3 Å². The molecule has 0 unspecified atom stereocenters. The molecule has 2 amide bonds. The van der Waals surface area contributed by atoms with Gasteiger partial charge in [-0.25, -0.2) is 5.43 Å². The monoisotopic (exact) mass is 346 g/mol. The van der Waals surface area contributed by atoms with Gasteiger partial charge in [-0.05, 0) is 24.3 Å². The zero-order chi connectivity index (χ0) is 18.2. The average molecular weight is 346 g/mol. The van der Waals surface area contributed by atoms with Crippen LogP contribution >= 0.6 is 0 Å². The van der Waals surface area contributed by atoms with Crippen LogP contribution in [-0.4, -0.2) is 30.1 Å². The van der Waals surface area contributed by atoms with Gasteiger partial charge in [0.05, 0.1) is 31.1 Å². The lowest BCUT2D eigenvalue weighted by Crippen LogP contribution is -2.37. The molecule has 2 aromatic rings. The first-order valence-corrected chi connectivity index (χ1v) is 6.97. The van der Waals surface area contributed by atoms with Gasteiger partial charge in [-0.15, -0.1) is 0 Å². The second-order valence-corrected chi connectivity index (χ2v) is 4.65. The lowest BCUT2D eigenvalue weighted by Gasteiger charge is -2.03. The molecule has 1 heterocycles. The maximum Gasteiger partial charge on any atom is 0.329 e. The van der Waals surface area contributed by atoms with E-state index in [2.05, 4.69) is 10.4 Å². The van der Waals surface area contributed by atoms with Crippen LogP contribution in [0.25, 0.3) is 0 Å². The minimum absolute atomic E-state index is 0.0631. The molecule has 1 aromatic carbocycles. The molecule has 0 bridgehead atoms. The van der Waals surface area contributed by atoms with E-state index < -0.39 is 16.7 Å². The lowest BCUT2D eigenvalue weighted by atomic mass is 10.2. The van der Waals surface area contributed by atoms with Crippen LogP contribution in [0.1, 0.15) is 11.3 Å². The van der Waals surface area contributed by atoms with E-state index in [4.69, 9.17) is 9.15 Å². The summed E-state index contributed by atoms with van der Waals surface area (Å²) in [6.07, 6.45) is 2.62. The van der Waals surface area contributed by atoms with Crippen LogP contribution < -0.4 is 15.5 Å². The molecule has 0 aliphatic carbocycles. The van der Waals surface area contributed by atoms with Crippen LogP contribution in [0.15, 0.2) is 46.1 Å². The minimum Gasteiger partial charge on any atom is -0.490 e. The van der Waals surface area contributed by atoms with E-state index in [1.807, 2.05) is 5.43 Å². The highest BCUT2D eigenvalue weighted by molar-refractivity contribution is 6.35. The van der Waals surface area contributed by atoms with Gasteiger partial charge in [-0.2, -0.15) is 5.10 Å². The fourth-order valence-electron chi connectivity index (χ4n) is 1.81. The van der Waals surface area contributed by atoms with Crippen molar-refractivity contribution in [3.05, 3.63) is 58.0 Å². The van der Waals surface area contributed by atoms with Gasteiger partial charge in [0, 0.05) is 11.6 Å². The highest BCUT2D eigenvalue weighted by Gasteiger charge is 2.15. The van der Waals surface area contributed by atoms with Gasteiger partial charge >= 0.3 is 17.5 Å². The average Bonchev–Trinajstić information content (AvgIpc) is 3.12. The number of nitrogens with zero attached hydrogens (tertiary/aromatic N) is 2. The van der Waals surface area contributed by atoms with E-state index >= 15 is 0 Å². The van der Waals surface area contributed by atoms with Crippen LogP contribution in [-0.2, 0) is 16.1 Å². The smallest absolute Gasteiger partial charge is 0.329 e. The lowest BCUT2D eigenvalue weighted by molar-refractivity contribution is -0.385. The zero-order valence-corrected chi connectivity index (χ0v) is 13.1. The van der Waals surface area contributed by atoms with Gasteiger partial charge < -0.3 is 14.5 Å². The Labute approximate surface area is 141 Å². The van der Waals surface area contributed by atoms with Crippen molar-refractivity contribution in [1.82, 2.24) is 10.7 Å². The Balaban J connectivity index is 1.91. The number of nitro benzene ring substituents is 1. The Morgan fingerprint density at radius 1 is 1.36 bits per heavy atom. The molecule has 0 spiro atoms. The summed E-state index contributed by atoms with van der Waals surface area (Å²) in [7, 11) is 1.32. The Bertz CT molecular complexity index is 800. The third kappa shape index (κ3) is 4.89. The molecule has 0 atom stereocenters. The summed E-state index contributed by atoms with van der Waals surface area (Å²) in [5.74, 6) is -1.28. The number of amides is 2. The van der Waals surface area contributed by atoms with Gasteiger partial charge in [0.15, 0.2) is 5.75 Å². The highest BCUT2D eigenvalue weighted by atomic mass is 16.6. The number of carbonyl (C=O) groups excluding carboxylic acids is 2. The van der Waals surface area contributed by atoms with Gasteiger partial charge in [-0.1, -0.05) is 0 Å². The zero-order valence-electron chi connectivity index (χ0n) is 13.1. The van der Waals surface area contributed by atoms with E-state index in [1.54, 1.807) is 12.1 Å². The number of rotatable bonds is 6. The molecular formula is C15H14N4O6. The van der Waals surface area contributed by atoms with E-state index in [-0.39, 0.29) is 18.0 Å². The van der Waals surface area contributed by atoms with Crippen LogP contribution in [0.3, 0.4) is 0 Å². The summed E-state index contributed by atoms with van der Waals surface area (Å²) in [6.45, 7) is 0.0631. The van der Waals surface area contributed by atoms with Crippen molar-refractivity contribution in [2.45, 2.75) is 6.54 Å². The summed E-state index contributed by atoms with van der Waals surface area (Å²) in [4.78, 5) is 33.5. The molecule has 25 heavy (non-hydrogen) atoms. The van der Waals surface area contributed by atoms with Crippen molar-refractivity contribution in [1.29, 1.82) is 0 Å². The van der Waals surface area contributed by atoms with Gasteiger partial charge in [-0.3, -0.25) is 19.7 Å². The number of benzene rings is 1. The number of hydrogen-bond acceptors (Lipinski definition) is 7.